The topological polar surface area (TPSA) is 208 Å². The minimum Gasteiger partial charge on any atom is -0.383 e. The number of benzene rings is 2. The van der Waals surface area contributed by atoms with Gasteiger partial charge >= 0.3 is 0 Å². The number of hydrogen-bond donors (Lipinski definition) is 4. The summed E-state index contributed by atoms with van der Waals surface area (Å²) < 4.78 is 0. The molecule has 1 aromatic heterocycles. The van der Waals surface area contributed by atoms with Crippen molar-refractivity contribution in [1.82, 2.24) is 15.4 Å². The maximum Gasteiger partial charge on any atom is 0.240 e. The first-order valence-electron chi connectivity index (χ1n) is 18.3. The number of ketones is 1. The van der Waals surface area contributed by atoms with E-state index in [1.165, 1.54) is 5.53 Å². The van der Waals surface area contributed by atoms with Crippen molar-refractivity contribution in [2.24, 2.45) is 22.0 Å². The van der Waals surface area contributed by atoms with Gasteiger partial charge in [-0.15, -0.1) is 0 Å². The van der Waals surface area contributed by atoms with E-state index in [0.717, 1.165) is 34.7 Å². The Morgan fingerprint density at radius 3 is 1.76 bits per heavy atom. The normalized spacial score (nSPS) is 10.9. The van der Waals surface area contributed by atoms with Crippen LogP contribution in [0.5, 0.6) is 0 Å². The average molecular weight is 836 g/mol. The van der Waals surface area contributed by atoms with Gasteiger partial charge in [0.1, 0.15) is 5.82 Å². The van der Waals surface area contributed by atoms with E-state index in [2.05, 4.69) is 152 Å². The number of hydrogen-bond acceptors (Lipinski definition) is 9. The van der Waals surface area contributed by atoms with Gasteiger partial charge in [-0.05, 0) is 157 Å². The van der Waals surface area contributed by atoms with Crippen LogP contribution in [0.25, 0.3) is 10.8 Å². The average Bonchev–Trinajstić information content (AvgIpc) is 3.26. The predicted molar refractivity (Wildman–Crippen MR) is 260 cm³/mol. The molecule has 0 spiro atoms. The third-order valence-corrected chi connectivity index (χ3v) is 7.72. The fourth-order valence-corrected chi connectivity index (χ4v) is 4.88. The monoisotopic (exact) mass is 835 g/mol. The van der Waals surface area contributed by atoms with Crippen molar-refractivity contribution < 1.29 is 28.9 Å². The second-order valence-corrected chi connectivity index (χ2v) is 11.8. The Kier molecular flexibility index (Phi) is 24.0. The van der Waals surface area contributed by atoms with Gasteiger partial charge in [0.2, 0.25) is 5.91 Å². The first-order chi connectivity index (χ1) is 30.2. The van der Waals surface area contributed by atoms with Gasteiger partial charge in [-0.3, -0.25) is 15.4 Å². The Morgan fingerprint density at radius 2 is 1.32 bits per heavy atom. The number of nitrogens with two attached hydrogens (primary N) is 3. The fourth-order valence-electron chi connectivity index (χ4n) is 4.88. The molecule has 7 N–H and O–H groups in total. The Hall–Kier alpha value is -9.49. The van der Waals surface area contributed by atoms with Crippen molar-refractivity contribution in [2.45, 2.75) is 58.0 Å². The van der Waals surface area contributed by atoms with Crippen LogP contribution in [0.2, 0.25) is 0 Å². The molecule has 1 aliphatic heterocycles. The molecule has 4 rings (SSSR count). The lowest BCUT2D eigenvalue weighted by Crippen LogP contribution is -2.59. The van der Waals surface area contributed by atoms with Gasteiger partial charge in [-0.2, -0.15) is 0 Å². The highest BCUT2D eigenvalue weighted by Crippen LogP contribution is 2.24. The molecule has 0 unspecified atom stereocenters. The molecule has 0 radical (unpaired) electrons. The van der Waals surface area contributed by atoms with E-state index in [1.54, 1.807) is 24.9 Å². The highest BCUT2D eigenvalue weighted by molar-refractivity contribution is 5.93. The first kappa shape index (κ1) is 48.7. The number of aryl methyl sites for hydroxylation is 2. The standard InChI is InChI=1S/C25H28N4O2.C24H6.H3N5O2.10H2/c26-21(10-7-17-4-2-1-3-5-17)25(31)29-15-13-22(29)23(30)11-8-18-6-9-20-19(16-18)12-14-28-24(20)27;1-3-5-7-9-11-13-15-17-19-21-23-24-22-20-18-16-14-12-10-8-6-4-2;1-2-3-4-5(6)7;;;;;;;;;;/h1-6,9,12,14,16,21-22H,7-8,10-11,13,15,26H2,(H2,27,28);1-2H3;(H2,1,3)(H,2,4);10*1H/t21-,22+;;;;;;;;;;;;/m1............/s1. The van der Waals surface area contributed by atoms with E-state index in [1.807, 2.05) is 54.6 Å². The van der Waals surface area contributed by atoms with Crippen molar-refractivity contribution in [2.75, 3.05) is 12.3 Å². The SMILES string of the molecule is CC#CC#CC#CC#CC#CC#CC#CC#CC#CC#CC#CC.NN=NN[N+](=O)[O-].Nc1nccc2cc(CCC(=O)[C@@H]3CCN3C(=O)[C@H](N)CCc3ccccc3)ccc12.[HH].[HH].[HH].[HH].[HH].[HH].[HH].[HH].[HH].[HH]. The van der Waals surface area contributed by atoms with E-state index in [-0.39, 0.29) is 32.0 Å². The van der Waals surface area contributed by atoms with Crippen molar-refractivity contribution in [3.8, 4) is 130 Å². The molecule has 62 heavy (non-hydrogen) atoms. The molecule has 1 fully saturated rings. The van der Waals surface area contributed by atoms with Crippen LogP contribution in [0.3, 0.4) is 0 Å². The fraction of sp³-hybridized carbons (Fsp3) is 0.204. The number of fused-ring (bicyclic) bond motifs is 1. The molecule has 0 aliphatic carbocycles. The summed E-state index contributed by atoms with van der Waals surface area (Å²) in [6, 6.07) is 17.0. The van der Waals surface area contributed by atoms with Crippen molar-refractivity contribution >= 4 is 28.3 Å². The third kappa shape index (κ3) is 20.6. The molecule has 13 nitrogen and oxygen atoms in total. The van der Waals surface area contributed by atoms with Crippen LogP contribution in [-0.2, 0) is 22.4 Å². The molecule has 2 atom stereocenters. The van der Waals surface area contributed by atoms with Crippen LogP contribution in [-0.4, -0.2) is 45.2 Å². The van der Waals surface area contributed by atoms with Gasteiger partial charge < -0.3 is 26.5 Å². The zero-order valence-electron chi connectivity index (χ0n) is 33.8. The van der Waals surface area contributed by atoms with Crippen molar-refractivity contribution in [1.29, 1.82) is 0 Å². The van der Waals surface area contributed by atoms with E-state index in [9.17, 15) is 19.7 Å². The second-order valence-electron chi connectivity index (χ2n) is 11.8. The lowest BCUT2D eigenvalue weighted by molar-refractivity contribution is -0.546. The molecule has 2 heterocycles. The molecule has 322 valence electrons. The van der Waals surface area contributed by atoms with Crippen LogP contribution in [0.4, 0.5) is 5.82 Å². The van der Waals surface area contributed by atoms with Crippen LogP contribution in [0, 0.1) is 140 Å². The number of nitrogens with zero attached hydrogens (tertiary/aromatic N) is 5. The summed E-state index contributed by atoms with van der Waals surface area (Å²) >= 11 is 0. The number of nitro groups is 1. The zero-order chi connectivity index (χ0) is 45.0. The number of nitrogens with one attached hydrogen (secondary N) is 1. The summed E-state index contributed by atoms with van der Waals surface area (Å²) in [4.78, 5) is 40.5. The quantitative estimate of drug-likeness (QED) is 0.0676. The summed E-state index contributed by atoms with van der Waals surface area (Å²) in [6.07, 6.45) is 4.77. The van der Waals surface area contributed by atoms with E-state index in [4.69, 9.17) is 11.5 Å². The second kappa shape index (κ2) is 30.6. The number of amides is 1. The number of rotatable bonds is 10. The largest absolute Gasteiger partial charge is 0.383 e. The molecular weight excluding hydrogens is 779 g/mol. The number of pyridine rings is 1. The Labute approximate surface area is 376 Å². The number of aromatic nitrogens is 1. The molecule has 2 aromatic carbocycles. The number of Topliss-reactive ketones (excluding diaryl/α,β-unsaturated/α-hetero) is 1. The molecular formula is C49H57N9O4. The number of likely N-dealkylation sites (tertiary alicyclic amines) is 1. The number of carbonyl (C=O) groups is 2. The third-order valence-electron chi connectivity index (χ3n) is 7.72. The van der Waals surface area contributed by atoms with Crippen molar-refractivity contribution in [3.63, 3.8) is 0 Å². The number of anilines is 1. The van der Waals surface area contributed by atoms with Gasteiger partial charge in [0, 0.05) is 68.0 Å². The van der Waals surface area contributed by atoms with Crippen molar-refractivity contribution in [3.05, 3.63) is 82.0 Å². The maximum atomic E-state index is 12.8. The summed E-state index contributed by atoms with van der Waals surface area (Å²) in [5.41, 5.74) is 15.6. The molecule has 3 aromatic rings. The minimum absolute atomic E-state index is 0. The Balaban J connectivity index is -0.000000126. The summed E-state index contributed by atoms with van der Waals surface area (Å²) in [5, 5.41) is 15.5. The summed E-state index contributed by atoms with van der Waals surface area (Å²) in [7, 11) is 0. The van der Waals surface area contributed by atoms with Gasteiger partial charge in [0.05, 0.1) is 22.3 Å². The van der Waals surface area contributed by atoms with Crippen LogP contribution in [0.1, 0.15) is 58.5 Å². The molecule has 1 saturated heterocycles. The maximum absolute atomic E-state index is 12.8. The van der Waals surface area contributed by atoms with Crippen LogP contribution in [0.15, 0.2) is 71.2 Å². The Morgan fingerprint density at radius 1 is 0.806 bits per heavy atom. The lowest BCUT2D eigenvalue weighted by Gasteiger charge is -2.41. The smallest absolute Gasteiger partial charge is 0.240 e. The molecule has 0 saturated carbocycles. The van der Waals surface area contributed by atoms with Gasteiger partial charge in [-0.25, -0.2) is 4.98 Å². The van der Waals surface area contributed by atoms with Crippen LogP contribution < -0.4 is 22.8 Å². The van der Waals surface area contributed by atoms with Gasteiger partial charge in [0.15, 0.2) is 11.0 Å². The van der Waals surface area contributed by atoms with E-state index < -0.39 is 11.1 Å². The predicted octanol–water partition coefficient (Wildman–Crippen LogP) is 5.41. The number of hydrazine groups is 1. The van der Waals surface area contributed by atoms with Gasteiger partial charge in [-0.1, -0.05) is 60.4 Å². The molecule has 13 heteroatoms. The first-order valence-corrected chi connectivity index (χ1v) is 18.3. The summed E-state index contributed by atoms with van der Waals surface area (Å²) in [6.45, 7) is 4.01. The van der Waals surface area contributed by atoms with Crippen LogP contribution >= 0.6 is 0 Å². The minimum atomic E-state index is -0.879. The highest BCUT2D eigenvalue weighted by atomic mass is 16.7. The van der Waals surface area contributed by atoms with Gasteiger partial charge in [0.25, 0.3) is 0 Å². The zero-order valence-corrected chi connectivity index (χ0v) is 33.8. The molecule has 1 amide bonds. The van der Waals surface area contributed by atoms with E-state index >= 15 is 0 Å². The molecule has 0 bridgehead atoms. The van der Waals surface area contributed by atoms with E-state index in [0.29, 0.717) is 31.6 Å². The Bertz CT molecular complexity index is 2800. The number of carbonyl (C=O) groups excluding carboxylic acids is 2. The lowest BCUT2D eigenvalue weighted by atomic mass is 9.92. The summed E-state index contributed by atoms with van der Waals surface area (Å²) in [5.74, 6) is 60.5. The molecule has 1 aliphatic rings. The highest BCUT2D eigenvalue weighted by Gasteiger charge is 2.38. The number of nitrogen functional groups attached to an aromatic ring is 1.